The van der Waals surface area contributed by atoms with E-state index in [9.17, 15) is 13.6 Å². The number of ether oxygens (including phenoxy) is 1. The maximum atomic E-state index is 12.4. The van der Waals surface area contributed by atoms with E-state index < -0.39 is 18.1 Å². The summed E-state index contributed by atoms with van der Waals surface area (Å²) in [4.78, 5) is 14.1. The first-order valence-corrected chi connectivity index (χ1v) is 4.52. The number of hydrogen-bond donors (Lipinski definition) is 1. The SMILES string of the molecule is COc1cc(C(=O)O)c(Br)nc1C(F)F. The number of carboxylic acid groups (broad SMARTS) is 1. The maximum absolute atomic E-state index is 12.4. The van der Waals surface area contributed by atoms with E-state index in [1.54, 1.807) is 0 Å². The van der Waals surface area contributed by atoms with Gasteiger partial charge in [-0.1, -0.05) is 0 Å². The molecule has 0 unspecified atom stereocenters. The zero-order chi connectivity index (χ0) is 11.6. The van der Waals surface area contributed by atoms with Crippen molar-refractivity contribution in [1.29, 1.82) is 0 Å². The smallest absolute Gasteiger partial charge is 0.338 e. The Morgan fingerprint density at radius 1 is 1.67 bits per heavy atom. The van der Waals surface area contributed by atoms with Gasteiger partial charge in [0.2, 0.25) is 0 Å². The monoisotopic (exact) mass is 281 g/mol. The van der Waals surface area contributed by atoms with Gasteiger partial charge < -0.3 is 9.84 Å². The molecule has 1 heterocycles. The van der Waals surface area contributed by atoms with Crippen LogP contribution in [0, 0.1) is 0 Å². The maximum Gasteiger partial charge on any atom is 0.338 e. The molecule has 0 amide bonds. The van der Waals surface area contributed by atoms with Gasteiger partial charge in [0.15, 0.2) is 0 Å². The largest absolute Gasteiger partial charge is 0.495 e. The molecule has 0 bridgehead atoms. The van der Waals surface area contributed by atoms with Crippen molar-refractivity contribution in [1.82, 2.24) is 4.98 Å². The lowest BCUT2D eigenvalue weighted by molar-refractivity contribution is 0.0693. The van der Waals surface area contributed by atoms with Crippen molar-refractivity contribution in [3.05, 3.63) is 21.9 Å². The molecule has 0 fully saturated rings. The van der Waals surface area contributed by atoms with Gasteiger partial charge in [0.05, 0.1) is 12.7 Å². The molecule has 1 aromatic rings. The number of hydrogen-bond acceptors (Lipinski definition) is 3. The molecular formula is C8H6BrF2NO3. The number of halogens is 3. The predicted octanol–water partition coefficient (Wildman–Crippen LogP) is 2.49. The van der Waals surface area contributed by atoms with Gasteiger partial charge in [-0.3, -0.25) is 0 Å². The highest BCUT2D eigenvalue weighted by atomic mass is 79.9. The second kappa shape index (κ2) is 4.52. The van der Waals surface area contributed by atoms with Crippen molar-refractivity contribution in [2.24, 2.45) is 0 Å². The van der Waals surface area contributed by atoms with Gasteiger partial charge in [-0.2, -0.15) is 0 Å². The Hall–Kier alpha value is -1.24. The first-order valence-electron chi connectivity index (χ1n) is 3.73. The van der Waals surface area contributed by atoms with Crippen molar-refractivity contribution in [3.63, 3.8) is 0 Å². The van der Waals surface area contributed by atoms with E-state index >= 15 is 0 Å². The van der Waals surface area contributed by atoms with E-state index in [4.69, 9.17) is 5.11 Å². The van der Waals surface area contributed by atoms with Gasteiger partial charge >= 0.3 is 5.97 Å². The normalized spacial score (nSPS) is 10.5. The summed E-state index contributed by atoms with van der Waals surface area (Å²) >= 11 is 2.80. The first kappa shape index (κ1) is 11.8. The molecule has 7 heteroatoms. The highest BCUT2D eigenvalue weighted by Crippen LogP contribution is 2.30. The molecule has 4 nitrogen and oxygen atoms in total. The van der Waals surface area contributed by atoms with Gasteiger partial charge in [0.25, 0.3) is 6.43 Å². The van der Waals surface area contributed by atoms with Gasteiger partial charge in [0.1, 0.15) is 16.0 Å². The minimum Gasteiger partial charge on any atom is -0.495 e. The molecule has 15 heavy (non-hydrogen) atoms. The third-order valence-electron chi connectivity index (χ3n) is 1.63. The molecule has 0 aromatic carbocycles. The lowest BCUT2D eigenvalue weighted by atomic mass is 10.2. The predicted molar refractivity (Wildman–Crippen MR) is 50.4 cm³/mol. The van der Waals surface area contributed by atoms with Crippen LogP contribution in [-0.2, 0) is 0 Å². The van der Waals surface area contributed by atoms with Gasteiger partial charge in [-0.05, 0) is 22.0 Å². The lowest BCUT2D eigenvalue weighted by Gasteiger charge is -2.08. The summed E-state index contributed by atoms with van der Waals surface area (Å²) in [7, 11) is 1.17. The summed E-state index contributed by atoms with van der Waals surface area (Å²) in [5.41, 5.74) is -0.814. The zero-order valence-electron chi connectivity index (χ0n) is 7.50. The fraction of sp³-hybridized carbons (Fsp3) is 0.250. The Morgan fingerprint density at radius 3 is 2.67 bits per heavy atom. The van der Waals surface area contributed by atoms with E-state index in [0.29, 0.717) is 0 Å². The molecule has 1 rings (SSSR count). The molecule has 0 radical (unpaired) electrons. The fourth-order valence-electron chi connectivity index (χ4n) is 0.955. The van der Waals surface area contributed by atoms with Crippen molar-refractivity contribution in [2.45, 2.75) is 6.43 Å². The van der Waals surface area contributed by atoms with Crippen LogP contribution in [0.2, 0.25) is 0 Å². The zero-order valence-corrected chi connectivity index (χ0v) is 9.09. The number of aromatic nitrogens is 1. The Morgan fingerprint density at radius 2 is 2.27 bits per heavy atom. The summed E-state index contributed by atoms with van der Waals surface area (Å²) in [6.07, 6.45) is -2.82. The van der Waals surface area contributed by atoms with Crippen LogP contribution < -0.4 is 4.74 Å². The summed E-state index contributed by atoms with van der Waals surface area (Å²) in [5, 5.41) is 8.70. The molecule has 0 saturated carbocycles. The Labute approximate surface area is 92.0 Å². The Kier molecular flexibility index (Phi) is 3.57. The summed E-state index contributed by atoms with van der Waals surface area (Å²) in [5.74, 6) is -1.51. The molecule has 0 spiro atoms. The van der Waals surface area contributed by atoms with Crippen LogP contribution >= 0.6 is 15.9 Å². The van der Waals surface area contributed by atoms with Crippen molar-refractivity contribution in [3.8, 4) is 5.75 Å². The Balaban J connectivity index is 3.35. The van der Waals surface area contributed by atoms with Crippen molar-refractivity contribution >= 4 is 21.9 Å². The molecular weight excluding hydrogens is 276 g/mol. The van der Waals surface area contributed by atoms with Crippen molar-refractivity contribution < 1.29 is 23.4 Å². The van der Waals surface area contributed by atoms with Crippen LogP contribution in [0.25, 0.3) is 0 Å². The number of carboxylic acids is 1. The fourth-order valence-corrected chi connectivity index (χ4v) is 1.43. The third kappa shape index (κ3) is 2.41. The second-order valence-corrected chi connectivity index (χ2v) is 3.27. The number of methoxy groups -OCH3 is 1. The minimum absolute atomic E-state index is 0.147. The molecule has 82 valence electrons. The van der Waals surface area contributed by atoms with Crippen LogP contribution in [-0.4, -0.2) is 23.2 Å². The molecule has 0 aliphatic rings. The quantitative estimate of drug-likeness (QED) is 0.865. The number of carbonyl (C=O) groups is 1. The van der Waals surface area contributed by atoms with Gasteiger partial charge in [-0.25, -0.2) is 18.6 Å². The highest BCUT2D eigenvalue weighted by Gasteiger charge is 2.21. The summed E-state index contributed by atoms with van der Waals surface area (Å²) < 4.78 is 29.3. The molecule has 0 atom stereocenters. The minimum atomic E-state index is -2.82. The molecule has 1 aromatic heterocycles. The van der Waals surface area contributed by atoms with Crippen molar-refractivity contribution in [2.75, 3.05) is 7.11 Å². The van der Waals surface area contributed by atoms with Crippen LogP contribution in [0.1, 0.15) is 22.5 Å². The number of pyridine rings is 1. The topological polar surface area (TPSA) is 59.4 Å². The average molecular weight is 282 g/mol. The average Bonchev–Trinajstić information content (AvgIpc) is 2.16. The lowest BCUT2D eigenvalue weighted by Crippen LogP contribution is -2.04. The third-order valence-corrected chi connectivity index (χ3v) is 2.23. The summed E-state index contributed by atoms with van der Waals surface area (Å²) in [6, 6.07) is 1.00. The van der Waals surface area contributed by atoms with E-state index in [0.717, 1.165) is 6.07 Å². The molecule has 1 N–H and O–H groups in total. The van der Waals surface area contributed by atoms with Gasteiger partial charge in [0, 0.05) is 0 Å². The molecule has 0 aliphatic heterocycles. The Bertz CT molecular complexity index is 398. The standard InChI is InChI=1S/C8H6BrF2NO3/c1-15-4-2-3(8(13)14)6(9)12-5(4)7(10)11/h2,7H,1H3,(H,13,14). The molecule has 0 saturated heterocycles. The summed E-state index contributed by atoms with van der Waals surface area (Å²) in [6.45, 7) is 0. The van der Waals surface area contributed by atoms with Crippen LogP contribution in [0.3, 0.4) is 0 Å². The van der Waals surface area contributed by atoms with Crippen LogP contribution in [0.5, 0.6) is 5.75 Å². The van der Waals surface area contributed by atoms with E-state index in [1.807, 2.05) is 0 Å². The number of aromatic carboxylic acids is 1. The van der Waals surface area contributed by atoms with Crippen LogP contribution in [0.15, 0.2) is 10.7 Å². The van der Waals surface area contributed by atoms with E-state index in [1.165, 1.54) is 7.11 Å². The van der Waals surface area contributed by atoms with Gasteiger partial charge in [-0.15, -0.1) is 0 Å². The molecule has 0 aliphatic carbocycles. The highest BCUT2D eigenvalue weighted by molar-refractivity contribution is 9.10. The van der Waals surface area contributed by atoms with Crippen LogP contribution in [0.4, 0.5) is 8.78 Å². The number of alkyl halides is 2. The van der Waals surface area contributed by atoms with E-state index in [2.05, 4.69) is 25.7 Å². The number of nitrogens with zero attached hydrogens (tertiary/aromatic N) is 1. The first-order chi connectivity index (χ1) is 6.97. The number of rotatable bonds is 3. The van der Waals surface area contributed by atoms with E-state index in [-0.39, 0.29) is 15.9 Å². The second-order valence-electron chi connectivity index (χ2n) is 2.52.